The Morgan fingerprint density at radius 2 is 2.05 bits per heavy atom. The third kappa shape index (κ3) is 4.70. The number of nitrogens with one attached hydrogen (secondary N) is 1. The first kappa shape index (κ1) is 15.7. The first-order valence-corrected chi connectivity index (χ1v) is 5.94. The molecule has 0 aromatic carbocycles. The van der Waals surface area contributed by atoms with Crippen molar-refractivity contribution in [2.45, 2.75) is 26.1 Å². The lowest BCUT2D eigenvalue weighted by Crippen LogP contribution is -2.60. The Morgan fingerprint density at radius 1 is 1.42 bits per heavy atom. The van der Waals surface area contributed by atoms with E-state index in [0.717, 1.165) is 0 Å². The number of nitrogens with zero attached hydrogens (tertiary/aromatic N) is 1. The zero-order valence-electron chi connectivity index (χ0n) is 10.8. The van der Waals surface area contributed by atoms with Crippen LogP contribution in [0.3, 0.4) is 0 Å². The first-order valence-electron chi connectivity index (χ1n) is 5.94. The standard InChI is InChI=1S/C11H17F3N2O3/c1-7(2)9-10(18)15-5-8(17)16(9)3-4-19-6-11(12,13)14/h7,9H,3-6H2,1-2H3,(H,15,18). The molecule has 110 valence electrons. The summed E-state index contributed by atoms with van der Waals surface area (Å²) < 4.78 is 40.1. The molecule has 0 radical (unpaired) electrons. The molecule has 1 aliphatic heterocycles. The number of amides is 2. The maximum atomic E-state index is 11.9. The molecule has 0 spiro atoms. The number of hydrogen-bond donors (Lipinski definition) is 1. The van der Waals surface area contributed by atoms with Crippen LogP contribution in [0.4, 0.5) is 13.2 Å². The van der Waals surface area contributed by atoms with Gasteiger partial charge in [-0.25, -0.2) is 0 Å². The van der Waals surface area contributed by atoms with Gasteiger partial charge < -0.3 is 15.0 Å². The van der Waals surface area contributed by atoms with Crippen LogP contribution in [-0.4, -0.2) is 55.2 Å². The van der Waals surface area contributed by atoms with Gasteiger partial charge in [-0.2, -0.15) is 13.2 Å². The summed E-state index contributed by atoms with van der Waals surface area (Å²) in [5.74, 6) is -0.716. The molecule has 8 heteroatoms. The minimum Gasteiger partial charge on any atom is -0.370 e. The monoisotopic (exact) mass is 282 g/mol. The lowest BCUT2D eigenvalue weighted by molar-refractivity contribution is -0.176. The van der Waals surface area contributed by atoms with Crippen molar-refractivity contribution in [3.8, 4) is 0 Å². The molecule has 1 atom stereocenters. The van der Waals surface area contributed by atoms with Crippen molar-refractivity contribution in [1.82, 2.24) is 10.2 Å². The molecule has 0 saturated carbocycles. The Bertz CT molecular complexity index is 345. The molecule has 1 saturated heterocycles. The van der Waals surface area contributed by atoms with Crippen molar-refractivity contribution < 1.29 is 27.5 Å². The van der Waals surface area contributed by atoms with E-state index in [4.69, 9.17) is 0 Å². The Morgan fingerprint density at radius 3 is 2.58 bits per heavy atom. The van der Waals surface area contributed by atoms with Crippen LogP contribution in [0.2, 0.25) is 0 Å². The first-order chi connectivity index (χ1) is 8.72. The number of piperazine rings is 1. The maximum absolute atomic E-state index is 11.9. The van der Waals surface area contributed by atoms with Crippen molar-refractivity contribution in [2.24, 2.45) is 5.92 Å². The summed E-state index contributed by atoms with van der Waals surface area (Å²) in [4.78, 5) is 24.6. The van der Waals surface area contributed by atoms with E-state index < -0.39 is 18.8 Å². The smallest absolute Gasteiger partial charge is 0.370 e. The van der Waals surface area contributed by atoms with Crippen LogP contribution >= 0.6 is 0 Å². The third-order valence-electron chi connectivity index (χ3n) is 2.71. The fourth-order valence-electron chi connectivity index (χ4n) is 1.94. The molecule has 1 N–H and O–H groups in total. The van der Waals surface area contributed by atoms with Crippen LogP contribution in [0.1, 0.15) is 13.8 Å². The Kier molecular flexibility index (Phi) is 5.16. The number of rotatable bonds is 5. The topological polar surface area (TPSA) is 58.6 Å². The molecule has 0 aromatic rings. The summed E-state index contributed by atoms with van der Waals surface area (Å²) in [5, 5.41) is 2.46. The summed E-state index contributed by atoms with van der Waals surface area (Å²) >= 11 is 0. The van der Waals surface area contributed by atoms with Gasteiger partial charge in [-0.05, 0) is 5.92 Å². The molecule has 2 amide bonds. The minimum atomic E-state index is -4.39. The summed E-state index contributed by atoms with van der Waals surface area (Å²) in [5.41, 5.74) is 0. The van der Waals surface area contributed by atoms with Crippen LogP contribution in [0.5, 0.6) is 0 Å². The van der Waals surface area contributed by atoms with Gasteiger partial charge in [-0.15, -0.1) is 0 Å². The van der Waals surface area contributed by atoms with Gasteiger partial charge in [-0.1, -0.05) is 13.8 Å². The zero-order valence-corrected chi connectivity index (χ0v) is 10.8. The van der Waals surface area contributed by atoms with Crippen LogP contribution in [0.15, 0.2) is 0 Å². The zero-order chi connectivity index (χ0) is 14.6. The minimum absolute atomic E-state index is 0.0226. The second kappa shape index (κ2) is 6.23. The average Bonchev–Trinajstić information content (AvgIpc) is 2.26. The van der Waals surface area contributed by atoms with Gasteiger partial charge >= 0.3 is 6.18 Å². The lowest BCUT2D eigenvalue weighted by atomic mass is 9.99. The fourth-order valence-corrected chi connectivity index (χ4v) is 1.94. The Labute approximate surface area is 109 Å². The van der Waals surface area contributed by atoms with Crippen molar-refractivity contribution in [1.29, 1.82) is 0 Å². The fraction of sp³-hybridized carbons (Fsp3) is 0.818. The summed E-state index contributed by atoms with van der Waals surface area (Å²) in [7, 11) is 0. The predicted molar refractivity (Wildman–Crippen MR) is 60.2 cm³/mol. The Hall–Kier alpha value is -1.31. The van der Waals surface area contributed by atoms with Crippen LogP contribution in [-0.2, 0) is 14.3 Å². The second-order valence-electron chi connectivity index (χ2n) is 4.66. The number of alkyl halides is 3. The molecule has 5 nitrogen and oxygen atoms in total. The van der Waals surface area contributed by atoms with Gasteiger partial charge in [0, 0.05) is 6.54 Å². The molecule has 1 unspecified atom stereocenters. The van der Waals surface area contributed by atoms with Gasteiger partial charge in [0.1, 0.15) is 12.6 Å². The largest absolute Gasteiger partial charge is 0.411 e. The number of hydrogen-bond acceptors (Lipinski definition) is 3. The maximum Gasteiger partial charge on any atom is 0.411 e. The Balaban J connectivity index is 2.52. The van der Waals surface area contributed by atoms with Gasteiger partial charge in [0.05, 0.1) is 13.2 Å². The number of carbonyl (C=O) groups excluding carboxylic acids is 2. The molecule has 1 fully saturated rings. The number of halogens is 3. The van der Waals surface area contributed by atoms with E-state index in [1.54, 1.807) is 13.8 Å². The summed E-state index contributed by atoms with van der Waals surface area (Å²) in [6, 6.07) is -0.657. The predicted octanol–water partition coefficient (Wildman–Crippen LogP) is 0.548. The quantitative estimate of drug-likeness (QED) is 0.749. The van der Waals surface area contributed by atoms with Crippen LogP contribution in [0.25, 0.3) is 0 Å². The van der Waals surface area contributed by atoms with E-state index in [1.807, 2.05) is 0 Å². The van der Waals surface area contributed by atoms with E-state index >= 15 is 0 Å². The third-order valence-corrected chi connectivity index (χ3v) is 2.71. The normalized spacial score (nSPS) is 20.9. The molecule has 19 heavy (non-hydrogen) atoms. The molecular weight excluding hydrogens is 265 g/mol. The molecule has 1 heterocycles. The molecule has 1 aliphatic rings. The molecular formula is C11H17F3N2O3. The van der Waals surface area contributed by atoms with Crippen molar-refractivity contribution in [3.63, 3.8) is 0 Å². The highest BCUT2D eigenvalue weighted by molar-refractivity contribution is 5.94. The van der Waals surface area contributed by atoms with Crippen LogP contribution < -0.4 is 5.32 Å². The van der Waals surface area contributed by atoms with E-state index in [0.29, 0.717) is 0 Å². The highest BCUT2D eigenvalue weighted by Crippen LogP contribution is 2.16. The SMILES string of the molecule is CC(C)C1C(=O)NCC(=O)N1CCOCC(F)(F)F. The van der Waals surface area contributed by atoms with Gasteiger partial charge in [-0.3, -0.25) is 9.59 Å². The van der Waals surface area contributed by atoms with E-state index in [9.17, 15) is 22.8 Å². The van der Waals surface area contributed by atoms with Gasteiger partial charge in [0.25, 0.3) is 0 Å². The molecule has 0 bridgehead atoms. The summed E-state index contributed by atoms with van der Waals surface area (Å²) in [6.45, 7) is 1.79. The van der Waals surface area contributed by atoms with E-state index in [2.05, 4.69) is 10.1 Å². The van der Waals surface area contributed by atoms with Crippen molar-refractivity contribution >= 4 is 11.8 Å². The highest BCUT2D eigenvalue weighted by Gasteiger charge is 2.36. The van der Waals surface area contributed by atoms with Crippen molar-refractivity contribution in [2.75, 3.05) is 26.3 Å². The average molecular weight is 282 g/mol. The lowest BCUT2D eigenvalue weighted by Gasteiger charge is -2.37. The highest BCUT2D eigenvalue weighted by atomic mass is 19.4. The number of carbonyl (C=O) groups is 2. The van der Waals surface area contributed by atoms with Crippen LogP contribution in [0, 0.1) is 5.92 Å². The second-order valence-corrected chi connectivity index (χ2v) is 4.66. The molecule has 0 aromatic heterocycles. The molecule has 1 rings (SSSR count). The van der Waals surface area contributed by atoms with Crippen molar-refractivity contribution in [3.05, 3.63) is 0 Å². The number of ether oxygens (including phenoxy) is 1. The van der Waals surface area contributed by atoms with Gasteiger partial charge in [0.2, 0.25) is 11.8 Å². The summed E-state index contributed by atoms with van der Waals surface area (Å²) in [6.07, 6.45) is -4.39. The van der Waals surface area contributed by atoms with E-state index in [1.165, 1.54) is 4.90 Å². The molecule has 0 aliphatic carbocycles. The van der Waals surface area contributed by atoms with E-state index in [-0.39, 0.29) is 37.4 Å². The van der Waals surface area contributed by atoms with Gasteiger partial charge in [0.15, 0.2) is 0 Å².